The molecule has 5 nitrogen and oxygen atoms in total. The number of nitro groups is 1. The topological polar surface area (TPSA) is 63.5 Å². The molecule has 0 aliphatic rings. The maximum absolute atomic E-state index is 11.3. The number of amides is 1. The Morgan fingerprint density at radius 1 is 1.54 bits per heavy atom. The Morgan fingerprint density at radius 2 is 2.08 bits per heavy atom. The second-order valence-electron chi connectivity index (χ2n) is 3.21. The molecule has 1 amide bonds. The molecule has 0 saturated heterocycles. The zero-order valence-electron chi connectivity index (χ0n) is 8.32. The fraction of sp³-hybridized carbons (Fsp3) is 0.875. The summed E-state index contributed by atoms with van der Waals surface area (Å²) >= 11 is 0. The molecule has 0 aromatic carbocycles. The first-order valence-electron chi connectivity index (χ1n) is 4.46. The molecular formula is C8H16N2O3. The molecule has 0 N–H and O–H groups in total. The van der Waals surface area contributed by atoms with E-state index < -0.39 is 10.9 Å². The first-order valence-corrected chi connectivity index (χ1v) is 4.46. The van der Waals surface area contributed by atoms with Crippen molar-refractivity contribution in [1.29, 1.82) is 0 Å². The van der Waals surface area contributed by atoms with Crippen molar-refractivity contribution in [3.05, 3.63) is 10.1 Å². The zero-order chi connectivity index (χ0) is 10.4. The molecule has 0 aliphatic heterocycles. The van der Waals surface area contributed by atoms with Crippen molar-refractivity contribution in [2.45, 2.75) is 33.6 Å². The Hall–Kier alpha value is -1.13. The van der Waals surface area contributed by atoms with Gasteiger partial charge in [0.2, 0.25) is 0 Å². The van der Waals surface area contributed by atoms with Gasteiger partial charge < -0.3 is 0 Å². The Kier molecular flexibility index (Phi) is 5.03. The van der Waals surface area contributed by atoms with Crippen molar-refractivity contribution in [1.82, 2.24) is 5.01 Å². The van der Waals surface area contributed by atoms with Crippen LogP contribution in [0.15, 0.2) is 0 Å². The second kappa shape index (κ2) is 5.50. The van der Waals surface area contributed by atoms with Gasteiger partial charge in [-0.15, -0.1) is 0 Å². The minimum Gasteiger partial charge on any atom is -0.269 e. The van der Waals surface area contributed by atoms with E-state index in [-0.39, 0.29) is 12.5 Å². The largest absolute Gasteiger partial charge is 0.285 e. The molecule has 0 saturated carbocycles. The van der Waals surface area contributed by atoms with Crippen LogP contribution in [0.25, 0.3) is 0 Å². The highest BCUT2D eigenvalue weighted by atomic mass is 16.7. The molecular weight excluding hydrogens is 172 g/mol. The molecule has 76 valence electrons. The van der Waals surface area contributed by atoms with Gasteiger partial charge in [-0.1, -0.05) is 32.2 Å². The minimum absolute atomic E-state index is 0.209. The highest BCUT2D eigenvalue weighted by Crippen LogP contribution is 2.03. The maximum Gasteiger partial charge on any atom is 0.285 e. The molecule has 0 atom stereocenters. The van der Waals surface area contributed by atoms with E-state index in [4.69, 9.17) is 0 Å². The summed E-state index contributed by atoms with van der Waals surface area (Å²) in [6.07, 6.45) is 1.51. The van der Waals surface area contributed by atoms with Crippen molar-refractivity contribution in [2.24, 2.45) is 5.92 Å². The minimum atomic E-state index is -0.627. The van der Waals surface area contributed by atoms with Gasteiger partial charge in [-0.2, -0.15) is 0 Å². The summed E-state index contributed by atoms with van der Waals surface area (Å²) in [5.74, 6) is -0.735. The van der Waals surface area contributed by atoms with Crippen molar-refractivity contribution < 1.29 is 9.83 Å². The molecule has 0 spiro atoms. The lowest BCUT2D eigenvalue weighted by molar-refractivity contribution is -0.635. The first kappa shape index (κ1) is 11.9. The summed E-state index contributed by atoms with van der Waals surface area (Å²) in [6, 6.07) is 0. The predicted molar refractivity (Wildman–Crippen MR) is 48.5 cm³/mol. The van der Waals surface area contributed by atoms with Crippen LogP contribution in [-0.4, -0.2) is 22.5 Å². The van der Waals surface area contributed by atoms with E-state index >= 15 is 0 Å². The van der Waals surface area contributed by atoms with Gasteiger partial charge in [0, 0.05) is 5.92 Å². The lowest BCUT2D eigenvalue weighted by atomic mass is 10.2. The molecule has 0 bridgehead atoms. The highest BCUT2D eigenvalue weighted by molar-refractivity contribution is 5.76. The van der Waals surface area contributed by atoms with Gasteiger partial charge in [0.05, 0.1) is 6.54 Å². The van der Waals surface area contributed by atoms with E-state index in [2.05, 4.69) is 0 Å². The molecule has 0 unspecified atom stereocenters. The molecule has 5 heteroatoms. The third-order valence-corrected chi connectivity index (χ3v) is 1.67. The van der Waals surface area contributed by atoms with E-state index in [1.54, 1.807) is 13.8 Å². The number of nitrogens with zero attached hydrogens (tertiary/aromatic N) is 2. The van der Waals surface area contributed by atoms with Crippen LogP contribution in [0.2, 0.25) is 0 Å². The van der Waals surface area contributed by atoms with E-state index in [1.165, 1.54) is 0 Å². The van der Waals surface area contributed by atoms with Crippen LogP contribution in [0.4, 0.5) is 0 Å². The van der Waals surface area contributed by atoms with Gasteiger partial charge in [0.25, 0.3) is 5.91 Å². The molecule has 0 aromatic heterocycles. The van der Waals surface area contributed by atoms with Crippen LogP contribution in [0.1, 0.15) is 33.6 Å². The number of hydrogen-bond acceptors (Lipinski definition) is 3. The average molecular weight is 188 g/mol. The summed E-state index contributed by atoms with van der Waals surface area (Å²) in [7, 11) is 0. The summed E-state index contributed by atoms with van der Waals surface area (Å²) in [5.41, 5.74) is 0. The van der Waals surface area contributed by atoms with Crippen molar-refractivity contribution >= 4 is 5.91 Å². The second-order valence-corrected chi connectivity index (χ2v) is 3.21. The molecule has 0 fully saturated rings. The summed E-state index contributed by atoms with van der Waals surface area (Å²) < 4.78 is 0. The lowest BCUT2D eigenvalue weighted by Crippen LogP contribution is -2.39. The van der Waals surface area contributed by atoms with Crippen LogP contribution < -0.4 is 0 Å². The van der Waals surface area contributed by atoms with Crippen LogP contribution in [0.5, 0.6) is 0 Å². The van der Waals surface area contributed by atoms with Crippen molar-refractivity contribution in [3.8, 4) is 0 Å². The number of unbranched alkanes of at least 4 members (excludes halogenated alkanes) is 1. The number of carbonyl (C=O) groups is 1. The van der Waals surface area contributed by atoms with Crippen LogP contribution in [0, 0.1) is 16.0 Å². The summed E-state index contributed by atoms with van der Waals surface area (Å²) in [4.78, 5) is 21.7. The number of rotatable bonds is 5. The lowest BCUT2D eigenvalue weighted by Gasteiger charge is -2.13. The van der Waals surface area contributed by atoms with Crippen molar-refractivity contribution in [3.63, 3.8) is 0 Å². The third-order valence-electron chi connectivity index (χ3n) is 1.67. The highest BCUT2D eigenvalue weighted by Gasteiger charge is 2.25. The SMILES string of the molecule is CCCCN(C(=O)C(C)C)[N+](=O)[O-]. The van der Waals surface area contributed by atoms with Gasteiger partial charge in [0.1, 0.15) is 0 Å². The van der Waals surface area contributed by atoms with E-state index in [0.717, 1.165) is 6.42 Å². The van der Waals surface area contributed by atoms with Gasteiger partial charge in [-0.05, 0) is 6.42 Å². The van der Waals surface area contributed by atoms with E-state index in [9.17, 15) is 14.9 Å². The maximum atomic E-state index is 11.3. The first-order chi connectivity index (χ1) is 6.00. The third kappa shape index (κ3) is 3.87. The zero-order valence-corrected chi connectivity index (χ0v) is 8.32. The number of carbonyl (C=O) groups excluding carboxylic acids is 1. The van der Waals surface area contributed by atoms with Gasteiger partial charge >= 0.3 is 0 Å². The van der Waals surface area contributed by atoms with Gasteiger partial charge in [0.15, 0.2) is 5.03 Å². The molecule has 13 heavy (non-hydrogen) atoms. The molecule has 0 aliphatic carbocycles. The molecule has 0 rings (SSSR count). The smallest absolute Gasteiger partial charge is 0.269 e. The van der Waals surface area contributed by atoms with Gasteiger partial charge in [-0.3, -0.25) is 4.79 Å². The predicted octanol–water partition coefficient (Wildman–Crippen LogP) is 1.46. The van der Waals surface area contributed by atoms with E-state index in [1.807, 2.05) is 6.92 Å². The Balaban J connectivity index is 4.24. The van der Waals surface area contributed by atoms with Crippen LogP contribution >= 0.6 is 0 Å². The summed E-state index contributed by atoms with van der Waals surface area (Å²) in [6.45, 7) is 5.45. The Labute approximate surface area is 77.8 Å². The molecule has 0 radical (unpaired) electrons. The monoisotopic (exact) mass is 188 g/mol. The average Bonchev–Trinajstić information content (AvgIpc) is 2.04. The van der Waals surface area contributed by atoms with Crippen molar-refractivity contribution in [2.75, 3.05) is 6.54 Å². The van der Waals surface area contributed by atoms with Crippen LogP contribution in [0.3, 0.4) is 0 Å². The summed E-state index contributed by atoms with van der Waals surface area (Å²) in [5, 5.41) is 10.5. The fourth-order valence-electron chi connectivity index (χ4n) is 0.878. The van der Waals surface area contributed by atoms with Crippen LogP contribution in [-0.2, 0) is 4.79 Å². The van der Waals surface area contributed by atoms with E-state index in [0.29, 0.717) is 11.4 Å². The normalized spacial score (nSPS) is 10.2. The standard InChI is InChI=1S/C8H16N2O3/c1-4-5-6-9(10(12)13)8(11)7(2)3/h7H,4-6H2,1-3H3. The van der Waals surface area contributed by atoms with Gasteiger partial charge in [-0.25, -0.2) is 10.1 Å². The quantitative estimate of drug-likeness (QED) is 0.484. The fourth-order valence-corrected chi connectivity index (χ4v) is 0.878. The molecule has 0 heterocycles. The number of hydrazine groups is 1. The Morgan fingerprint density at radius 3 is 2.38 bits per heavy atom. The Bertz CT molecular complexity index is 192. The number of hydrogen-bond donors (Lipinski definition) is 0. The molecule has 0 aromatic rings.